The second-order valence-corrected chi connectivity index (χ2v) is 6.11. The molecule has 7 heteroatoms. The van der Waals surface area contributed by atoms with E-state index in [2.05, 4.69) is 15.4 Å². The zero-order chi connectivity index (χ0) is 18.0. The molecule has 1 aromatic carbocycles. The number of H-pyrrole nitrogens is 1. The van der Waals surface area contributed by atoms with Crippen molar-refractivity contribution in [2.75, 3.05) is 0 Å². The fourth-order valence-electron chi connectivity index (χ4n) is 2.93. The summed E-state index contributed by atoms with van der Waals surface area (Å²) in [5.41, 5.74) is 3.47. The predicted octanol–water partition coefficient (Wildman–Crippen LogP) is 1.79. The molecule has 2 aromatic heterocycles. The lowest BCUT2D eigenvalue weighted by Gasteiger charge is -2.14. The second kappa shape index (κ2) is 6.80. The largest absolute Gasteiger partial charge is 0.480 e. The number of carboxylic acid groups (broad SMARTS) is 1. The zero-order valence-corrected chi connectivity index (χ0v) is 14.1. The molecule has 0 unspecified atom stereocenters. The number of carboxylic acids is 1. The van der Waals surface area contributed by atoms with Crippen LogP contribution < -0.4 is 5.32 Å². The van der Waals surface area contributed by atoms with Crippen LogP contribution in [0.5, 0.6) is 0 Å². The SMILES string of the molecule is Cc1cc(C)n(CC(=O)N[C@H](Cc2c[nH]c3ccccc23)C(=O)O)n1. The molecule has 0 fully saturated rings. The van der Waals surface area contributed by atoms with Crippen molar-refractivity contribution in [3.8, 4) is 0 Å². The molecule has 3 rings (SSSR count). The average molecular weight is 340 g/mol. The highest BCUT2D eigenvalue weighted by Gasteiger charge is 2.22. The van der Waals surface area contributed by atoms with Crippen molar-refractivity contribution >= 4 is 22.8 Å². The van der Waals surface area contributed by atoms with Gasteiger partial charge >= 0.3 is 5.97 Å². The lowest BCUT2D eigenvalue weighted by atomic mass is 10.1. The number of rotatable bonds is 6. The number of aryl methyl sites for hydroxylation is 2. The third-order valence-corrected chi connectivity index (χ3v) is 4.13. The van der Waals surface area contributed by atoms with Crippen LogP contribution in [0.2, 0.25) is 0 Å². The van der Waals surface area contributed by atoms with Crippen LogP contribution in [-0.4, -0.2) is 37.8 Å². The summed E-state index contributed by atoms with van der Waals surface area (Å²) >= 11 is 0. The molecule has 3 aromatic rings. The molecule has 0 spiro atoms. The van der Waals surface area contributed by atoms with Gasteiger partial charge in [-0.15, -0.1) is 0 Å². The van der Waals surface area contributed by atoms with E-state index in [0.717, 1.165) is 27.9 Å². The van der Waals surface area contributed by atoms with E-state index >= 15 is 0 Å². The predicted molar refractivity (Wildman–Crippen MR) is 93.3 cm³/mol. The summed E-state index contributed by atoms with van der Waals surface area (Å²) in [7, 11) is 0. The molecule has 130 valence electrons. The Labute approximate surface area is 144 Å². The Balaban J connectivity index is 1.72. The molecule has 25 heavy (non-hydrogen) atoms. The minimum absolute atomic E-state index is 0.00264. The van der Waals surface area contributed by atoms with Crippen LogP contribution in [0.15, 0.2) is 36.5 Å². The van der Waals surface area contributed by atoms with Crippen molar-refractivity contribution < 1.29 is 14.7 Å². The molecule has 0 aliphatic heterocycles. The van der Waals surface area contributed by atoms with Crippen molar-refractivity contribution in [1.82, 2.24) is 20.1 Å². The minimum Gasteiger partial charge on any atom is -0.480 e. The van der Waals surface area contributed by atoms with Crippen LogP contribution in [0.25, 0.3) is 10.9 Å². The second-order valence-electron chi connectivity index (χ2n) is 6.11. The van der Waals surface area contributed by atoms with E-state index < -0.39 is 12.0 Å². The van der Waals surface area contributed by atoms with Crippen LogP contribution in [-0.2, 0) is 22.6 Å². The maximum atomic E-state index is 12.2. The minimum atomic E-state index is -1.06. The van der Waals surface area contributed by atoms with E-state index in [-0.39, 0.29) is 18.9 Å². The summed E-state index contributed by atoms with van der Waals surface area (Å²) in [6, 6.07) is 8.54. The van der Waals surface area contributed by atoms with E-state index in [4.69, 9.17) is 0 Å². The first kappa shape index (κ1) is 16.8. The Morgan fingerprint density at radius 2 is 2.08 bits per heavy atom. The van der Waals surface area contributed by atoms with Gasteiger partial charge in [-0.3, -0.25) is 9.48 Å². The molecule has 0 radical (unpaired) electrons. The zero-order valence-electron chi connectivity index (χ0n) is 14.1. The molecule has 7 nitrogen and oxygen atoms in total. The number of carbonyl (C=O) groups excluding carboxylic acids is 1. The number of fused-ring (bicyclic) bond motifs is 1. The molecule has 1 atom stereocenters. The number of carbonyl (C=O) groups is 2. The number of hydrogen-bond donors (Lipinski definition) is 3. The summed E-state index contributed by atoms with van der Waals surface area (Å²) in [5, 5.41) is 17.2. The molecule has 0 bridgehead atoms. The number of aliphatic carboxylic acids is 1. The smallest absolute Gasteiger partial charge is 0.326 e. The number of hydrogen-bond acceptors (Lipinski definition) is 3. The fourth-order valence-corrected chi connectivity index (χ4v) is 2.93. The molecular formula is C18H20N4O3. The molecule has 2 heterocycles. The van der Waals surface area contributed by atoms with Gasteiger partial charge < -0.3 is 15.4 Å². The number of nitrogens with one attached hydrogen (secondary N) is 2. The molecule has 0 aliphatic rings. The van der Waals surface area contributed by atoms with Crippen molar-refractivity contribution in [1.29, 1.82) is 0 Å². The first-order valence-electron chi connectivity index (χ1n) is 8.02. The standard InChI is InChI=1S/C18H20N4O3/c1-11-7-12(2)22(21-11)10-17(23)20-16(18(24)25)8-13-9-19-15-6-4-3-5-14(13)15/h3-7,9,16,19H,8,10H2,1-2H3,(H,20,23)(H,24,25)/t16-/m1/s1. The van der Waals surface area contributed by atoms with Crippen molar-refractivity contribution in [3.05, 3.63) is 53.5 Å². The van der Waals surface area contributed by atoms with Crippen molar-refractivity contribution in [2.24, 2.45) is 0 Å². The topological polar surface area (TPSA) is 100 Å². The third kappa shape index (κ3) is 3.71. The van der Waals surface area contributed by atoms with Crippen LogP contribution in [0.3, 0.4) is 0 Å². The van der Waals surface area contributed by atoms with Crippen molar-refractivity contribution in [3.63, 3.8) is 0 Å². The van der Waals surface area contributed by atoms with Gasteiger partial charge in [0, 0.05) is 29.2 Å². The van der Waals surface area contributed by atoms with Gasteiger partial charge in [0.15, 0.2) is 0 Å². The Kier molecular flexibility index (Phi) is 4.56. The Morgan fingerprint density at radius 1 is 1.32 bits per heavy atom. The number of nitrogens with zero attached hydrogens (tertiary/aromatic N) is 2. The number of benzene rings is 1. The lowest BCUT2D eigenvalue weighted by molar-refractivity contribution is -0.141. The molecule has 1 amide bonds. The lowest BCUT2D eigenvalue weighted by Crippen LogP contribution is -2.43. The maximum absolute atomic E-state index is 12.2. The summed E-state index contributed by atoms with van der Waals surface area (Å²) in [4.78, 5) is 26.9. The van der Waals surface area contributed by atoms with Crippen LogP contribution in [0.1, 0.15) is 17.0 Å². The van der Waals surface area contributed by atoms with Crippen LogP contribution >= 0.6 is 0 Å². The van der Waals surface area contributed by atoms with E-state index in [9.17, 15) is 14.7 Å². The molecular weight excluding hydrogens is 320 g/mol. The monoisotopic (exact) mass is 340 g/mol. The number of aromatic amines is 1. The van der Waals surface area contributed by atoms with Gasteiger partial charge in [-0.05, 0) is 31.5 Å². The van der Waals surface area contributed by atoms with Gasteiger partial charge in [0.1, 0.15) is 12.6 Å². The first-order valence-corrected chi connectivity index (χ1v) is 8.02. The van der Waals surface area contributed by atoms with Crippen LogP contribution in [0, 0.1) is 13.8 Å². The molecule has 0 aliphatic carbocycles. The highest BCUT2D eigenvalue weighted by atomic mass is 16.4. The van der Waals surface area contributed by atoms with Crippen molar-refractivity contribution in [2.45, 2.75) is 32.9 Å². The highest BCUT2D eigenvalue weighted by molar-refractivity contribution is 5.86. The fraction of sp³-hybridized carbons (Fsp3) is 0.278. The molecule has 3 N–H and O–H groups in total. The molecule has 0 saturated heterocycles. The van der Waals surface area contributed by atoms with Gasteiger partial charge in [-0.25, -0.2) is 4.79 Å². The van der Waals surface area contributed by atoms with Gasteiger partial charge in [0.25, 0.3) is 0 Å². The first-order chi connectivity index (χ1) is 11.9. The van der Waals surface area contributed by atoms with Gasteiger partial charge in [0.05, 0.1) is 5.69 Å². The quantitative estimate of drug-likeness (QED) is 0.637. The Bertz CT molecular complexity index is 925. The van der Waals surface area contributed by atoms with E-state index in [1.54, 1.807) is 10.9 Å². The highest BCUT2D eigenvalue weighted by Crippen LogP contribution is 2.19. The third-order valence-electron chi connectivity index (χ3n) is 4.13. The Morgan fingerprint density at radius 3 is 2.76 bits per heavy atom. The Hall–Kier alpha value is -3.09. The normalized spacial score (nSPS) is 12.2. The average Bonchev–Trinajstić information content (AvgIpc) is 3.10. The number of para-hydroxylation sites is 1. The van der Waals surface area contributed by atoms with Gasteiger partial charge in [-0.1, -0.05) is 18.2 Å². The number of amides is 1. The summed E-state index contributed by atoms with van der Waals surface area (Å²) in [5.74, 6) is -1.44. The molecule has 0 saturated carbocycles. The van der Waals surface area contributed by atoms with Crippen LogP contribution in [0.4, 0.5) is 0 Å². The van der Waals surface area contributed by atoms with Gasteiger partial charge in [0.2, 0.25) is 5.91 Å². The van der Waals surface area contributed by atoms with E-state index in [1.165, 1.54) is 0 Å². The van der Waals surface area contributed by atoms with Gasteiger partial charge in [-0.2, -0.15) is 5.10 Å². The summed E-state index contributed by atoms with van der Waals surface area (Å²) < 4.78 is 1.56. The van der Waals surface area contributed by atoms with E-state index in [0.29, 0.717) is 0 Å². The summed E-state index contributed by atoms with van der Waals surface area (Å²) in [6.45, 7) is 3.70. The maximum Gasteiger partial charge on any atom is 0.326 e. The summed E-state index contributed by atoms with van der Waals surface area (Å²) in [6.07, 6.45) is 2.00. The van der Waals surface area contributed by atoms with E-state index in [1.807, 2.05) is 44.2 Å². The number of aromatic nitrogens is 3.